The van der Waals surface area contributed by atoms with E-state index in [0.717, 1.165) is 24.3 Å². The minimum atomic E-state index is -0.247. The summed E-state index contributed by atoms with van der Waals surface area (Å²) >= 11 is 1.92. The molecule has 0 unspecified atom stereocenters. The van der Waals surface area contributed by atoms with Crippen LogP contribution in [0.25, 0.3) is 0 Å². The quantitative estimate of drug-likeness (QED) is 0.878. The zero-order valence-electron chi connectivity index (χ0n) is 12.4. The van der Waals surface area contributed by atoms with E-state index in [4.69, 9.17) is 4.74 Å². The summed E-state index contributed by atoms with van der Waals surface area (Å²) in [4.78, 5) is 11.9. The van der Waals surface area contributed by atoms with Crippen LogP contribution >= 0.6 is 11.8 Å². The molecule has 1 saturated heterocycles. The number of hydrogen-bond acceptors (Lipinski definition) is 3. The summed E-state index contributed by atoms with van der Waals surface area (Å²) < 4.78 is 19.1. The molecular weight excluding hydrogens is 289 g/mol. The molecule has 3 nitrogen and oxygen atoms in total. The van der Waals surface area contributed by atoms with Crippen LogP contribution in [0, 0.1) is 5.82 Å². The number of nitrogens with one attached hydrogen (secondary N) is 1. The van der Waals surface area contributed by atoms with Gasteiger partial charge in [-0.25, -0.2) is 4.39 Å². The standard InChI is InChI=1S/C16H22FNO2S/c1-20-16(8-10-21-11-9-16)12-18-15(19)7-6-13-4-2-3-5-14(13)17/h2-5H,6-12H2,1H3,(H,18,19). The summed E-state index contributed by atoms with van der Waals surface area (Å²) in [7, 11) is 1.71. The molecule has 1 fully saturated rings. The van der Waals surface area contributed by atoms with Crippen molar-refractivity contribution in [2.45, 2.75) is 31.3 Å². The Morgan fingerprint density at radius 3 is 2.76 bits per heavy atom. The van der Waals surface area contributed by atoms with Crippen molar-refractivity contribution in [3.63, 3.8) is 0 Å². The second-order valence-electron chi connectivity index (χ2n) is 5.37. The number of ether oxygens (including phenoxy) is 1. The lowest BCUT2D eigenvalue weighted by Gasteiger charge is -2.35. The van der Waals surface area contributed by atoms with Gasteiger partial charge in [-0.1, -0.05) is 18.2 Å². The number of methoxy groups -OCH3 is 1. The average Bonchev–Trinajstić information content (AvgIpc) is 2.53. The Labute approximate surface area is 129 Å². The van der Waals surface area contributed by atoms with Gasteiger partial charge in [0.2, 0.25) is 5.91 Å². The first-order chi connectivity index (χ1) is 10.2. The van der Waals surface area contributed by atoms with E-state index in [2.05, 4.69) is 5.32 Å². The molecular formula is C16H22FNO2S. The van der Waals surface area contributed by atoms with Crippen LogP contribution in [0.2, 0.25) is 0 Å². The van der Waals surface area contributed by atoms with E-state index in [1.54, 1.807) is 25.3 Å². The zero-order valence-corrected chi connectivity index (χ0v) is 13.2. The van der Waals surface area contributed by atoms with Crippen LogP contribution in [0.5, 0.6) is 0 Å². The predicted molar refractivity (Wildman–Crippen MR) is 84.0 cm³/mol. The van der Waals surface area contributed by atoms with Gasteiger partial charge in [0.25, 0.3) is 0 Å². The van der Waals surface area contributed by atoms with Gasteiger partial charge in [-0.3, -0.25) is 4.79 Å². The van der Waals surface area contributed by atoms with Gasteiger partial charge in [0.05, 0.1) is 5.60 Å². The predicted octanol–water partition coefficient (Wildman–Crippen LogP) is 2.79. The molecule has 0 bridgehead atoms. The second-order valence-corrected chi connectivity index (χ2v) is 6.59. The van der Waals surface area contributed by atoms with Crippen LogP contribution in [0.1, 0.15) is 24.8 Å². The molecule has 0 aromatic heterocycles. The highest BCUT2D eigenvalue weighted by Crippen LogP contribution is 2.29. The van der Waals surface area contributed by atoms with Gasteiger partial charge in [0.15, 0.2) is 0 Å². The lowest BCUT2D eigenvalue weighted by Crippen LogP contribution is -2.46. The van der Waals surface area contributed by atoms with E-state index in [-0.39, 0.29) is 17.3 Å². The Kier molecular flexibility index (Phi) is 6.06. The van der Waals surface area contributed by atoms with Crippen molar-refractivity contribution in [1.82, 2.24) is 5.32 Å². The molecule has 2 rings (SSSR count). The van der Waals surface area contributed by atoms with Crippen molar-refractivity contribution in [2.75, 3.05) is 25.2 Å². The summed E-state index contributed by atoms with van der Waals surface area (Å²) in [6.45, 7) is 0.542. The fourth-order valence-electron chi connectivity index (χ4n) is 2.49. The number of carbonyl (C=O) groups excluding carboxylic acids is 1. The van der Waals surface area contributed by atoms with Crippen LogP contribution < -0.4 is 5.32 Å². The van der Waals surface area contributed by atoms with Gasteiger partial charge < -0.3 is 10.1 Å². The first kappa shape index (κ1) is 16.3. The first-order valence-corrected chi connectivity index (χ1v) is 8.44. The lowest BCUT2D eigenvalue weighted by atomic mass is 9.96. The van der Waals surface area contributed by atoms with Gasteiger partial charge in [-0.2, -0.15) is 11.8 Å². The third-order valence-electron chi connectivity index (χ3n) is 4.02. The Bertz CT molecular complexity index is 475. The van der Waals surface area contributed by atoms with E-state index < -0.39 is 0 Å². The van der Waals surface area contributed by atoms with Crippen LogP contribution in [-0.4, -0.2) is 36.7 Å². The number of hydrogen-bond donors (Lipinski definition) is 1. The molecule has 5 heteroatoms. The van der Waals surface area contributed by atoms with Gasteiger partial charge in [0.1, 0.15) is 5.82 Å². The van der Waals surface area contributed by atoms with E-state index in [1.165, 1.54) is 6.07 Å². The van der Waals surface area contributed by atoms with Crippen molar-refractivity contribution in [1.29, 1.82) is 0 Å². The molecule has 0 atom stereocenters. The van der Waals surface area contributed by atoms with Gasteiger partial charge in [-0.05, 0) is 42.4 Å². The lowest BCUT2D eigenvalue weighted by molar-refractivity contribution is -0.122. The molecule has 1 aromatic rings. The highest BCUT2D eigenvalue weighted by Gasteiger charge is 2.32. The molecule has 0 aliphatic carbocycles. The van der Waals surface area contributed by atoms with E-state index in [0.29, 0.717) is 24.9 Å². The van der Waals surface area contributed by atoms with E-state index in [9.17, 15) is 9.18 Å². The fourth-order valence-corrected chi connectivity index (χ4v) is 3.73. The second kappa shape index (κ2) is 7.80. The van der Waals surface area contributed by atoms with Crippen LogP contribution in [0.15, 0.2) is 24.3 Å². The Hall–Kier alpha value is -1.07. The number of thioether (sulfide) groups is 1. The van der Waals surface area contributed by atoms with Gasteiger partial charge in [-0.15, -0.1) is 0 Å². The molecule has 0 radical (unpaired) electrons. The summed E-state index contributed by atoms with van der Waals surface area (Å²) in [5.74, 6) is 1.84. The highest BCUT2D eigenvalue weighted by atomic mass is 32.2. The van der Waals surface area contributed by atoms with Crippen LogP contribution in [-0.2, 0) is 16.0 Å². The number of benzene rings is 1. The molecule has 1 aliphatic rings. The van der Waals surface area contributed by atoms with Gasteiger partial charge >= 0.3 is 0 Å². The zero-order chi connectivity index (χ0) is 15.1. The summed E-state index contributed by atoms with van der Waals surface area (Å²) in [5, 5.41) is 2.94. The molecule has 0 saturated carbocycles. The maximum Gasteiger partial charge on any atom is 0.220 e. The largest absolute Gasteiger partial charge is 0.376 e. The minimum absolute atomic E-state index is 0.0482. The smallest absolute Gasteiger partial charge is 0.220 e. The average molecular weight is 311 g/mol. The molecule has 21 heavy (non-hydrogen) atoms. The molecule has 1 amide bonds. The third kappa shape index (κ3) is 4.71. The van der Waals surface area contributed by atoms with Gasteiger partial charge in [0, 0.05) is 20.1 Å². The van der Waals surface area contributed by atoms with Crippen molar-refractivity contribution >= 4 is 17.7 Å². The number of halogens is 1. The molecule has 1 heterocycles. The van der Waals surface area contributed by atoms with Crippen molar-refractivity contribution in [3.05, 3.63) is 35.6 Å². The third-order valence-corrected chi connectivity index (χ3v) is 5.01. The molecule has 0 spiro atoms. The summed E-state index contributed by atoms with van der Waals surface area (Å²) in [6, 6.07) is 6.59. The summed E-state index contributed by atoms with van der Waals surface area (Å²) in [5.41, 5.74) is 0.363. The summed E-state index contributed by atoms with van der Waals surface area (Å²) in [6.07, 6.45) is 2.65. The van der Waals surface area contributed by atoms with Crippen molar-refractivity contribution < 1.29 is 13.9 Å². The number of aryl methyl sites for hydroxylation is 1. The number of amides is 1. The Balaban J connectivity index is 1.78. The van der Waals surface area contributed by atoms with E-state index >= 15 is 0 Å². The first-order valence-electron chi connectivity index (χ1n) is 7.28. The van der Waals surface area contributed by atoms with Crippen LogP contribution in [0.3, 0.4) is 0 Å². The SMILES string of the molecule is COC1(CNC(=O)CCc2ccccc2F)CCSCC1. The molecule has 1 N–H and O–H groups in total. The Morgan fingerprint density at radius 2 is 2.10 bits per heavy atom. The van der Waals surface area contributed by atoms with Crippen molar-refractivity contribution in [3.8, 4) is 0 Å². The maximum absolute atomic E-state index is 13.5. The van der Waals surface area contributed by atoms with E-state index in [1.807, 2.05) is 11.8 Å². The van der Waals surface area contributed by atoms with Crippen LogP contribution in [0.4, 0.5) is 4.39 Å². The van der Waals surface area contributed by atoms with Crippen molar-refractivity contribution in [2.24, 2.45) is 0 Å². The molecule has 1 aliphatic heterocycles. The fraction of sp³-hybridized carbons (Fsp3) is 0.562. The Morgan fingerprint density at radius 1 is 1.38 bits per heavy atom. The highest BCUT2D eigenvalue weighted by molar-refractivity contribution is 7.99. The number of carbonyl (C=O) groups is 1. The molecule has 1 aromatic carbocycles. The molecule has 116 valence electrons. The number of rotatable bonds is 6. The topological polar surface area (TPSA) is 38.3 Å². The maximum atomic E-state index is 13.5. The monoisotopic (exact) mass is 311 g/mol. The minimum Gasteiger partial charge on any atom is -0.376 e. The normalized spacial score (nSPS) is 17.4.